The Morgan fingerprint density at radius 1 is 1.23 bits per heavy atom. The molecule has 3 aromatic rings. The molecule has 0 atom stereocenters. The monoisotopic (exact) mass is 345 g/mol. The van der Waals surface area contributed by atoms with Gasteiger partial charge in [-0.15, -0.1) is 0 Å². The number of amides is 1. The van der Waals surface area contributed by atoms with E-state index in [0.29, 0.717) is 17.1 Å². The van der Waals surface area contributed by atoms with Gasteiger partial charge in [-0.05, 0) is 35.9 Å². The molecule has 7 nitrogen and oxygen atoms in total. The average molecular weight is 345 g/mol. The summed E-state index contributed by atoms with van der Waals surface area (Å²) in [5, 5.41) is 19.2. The minimum Gasteiger partial charge on any atom is -0.479 e. The molecule has 1 heterocycles. The Bertz CT molecular complexity index is 940. The van der Waals surface area contributed by atoms with Gasteiger partial charge in [0, 0.05) is 5.56 Å². The minimum absolute atomic E-state index is 0.00134. The van der Waals surface area contributed by atoms with E-state index in [4.69, 9.17) is 10.00 Å². The number of hydrazone groups is 1. The maximum Gasteiger partial charge on any atom is 0.289 e. The van der Waals surface area contributed by atoms with Crippen LogP contribution in [0.2, 0.25) is 0 Å². The van der Waals surface area contributed by atoms with E-state index >= 15 is 0 Å². The highest BCUT2D eigenvalue weighted by molar-refractivity contribution is 5.94. The molecule has 1 aromatic heterocycles. The Balaban J connectivity index is 1.58. The summed E-state index contributed by atoms with van der Waals surface area (Å²) in [7, 11) is 0. The summed E-state index contributed by atoms with van der Waals surface area (Å²) >= 11 is 0. The third-order valence-electron chi connectivity index (χ3n) is 3.46. The molecule has 7 heteroatoms. The summed E-state index contributed by atoms with van der Waals surface area (Å²) in [5.41, 5.74) is 5.16. The van der Waals surface area contributed by atoms with Gasteiger partial charge in [-0.3, -0.25) is 9.89 Å². The number of nitriles is 1. The lowest BCUT2D eigenvalue weighted by molar-refractivity contribution is 0.0950. The number of rotatable bonds is 6. The fourth-order valence-electron chi connectivity index (χ4n) is 2.19. The van der Waals surface area contributed by atoms with Gasteiger partial charge in [-0.1, -0.05) is 30.3 Å². The number of benzene rings is 2. The van der Waals surface area contributed by atoms with Crippen molar-refractivity contribution in [3.63, 3.8) is 0 Å². The molecule has 2 N–H and O–H groups in total. The Hall–Kier alpha value is -3.92. The van der Waals surface area contributed by atoms with E-state index in [1.807, 2.05) is 36.4 Å². The smallest absolute Gasteiger partial charge is 0.289 e. The molecule has 0 spiro atoms. The van der Waals surface area contributed by atoms with Crippen LogP contribution in [0.4, 0.5) is 0 Å². The Morgan fingerprint density at radius 2 is 2.00 bits per heavy atom. The van der Waals surface area contributed by atoms with Crippen LogP contribution in [0.25, 0.3) is 11.3 Å². The predicted octanol–water partition coefficient (Wildman–Crippen LogP) is 2.74. The summed E-state index contributed by atoms with van der Waals surface area (Å²) in [5.74, 6) is 0.212. The topological polar surface area (TPSA) is 103 Å². The third kappa shape index (κ3) is 4.33. The van der Waals surface area contributed by atoms with Gasteiger partial charge in [-0.25, -0.2) is 5.43 Å². The number of hydrogen-bond donors (Lipinski definition) is 2. The number of carbonyl (C=O) groups is 1. The number of aromatic amines is 1. The summed E-state index contributed by atoms with van der Waals surface area (Å²) in [6.45, 7) is -0.00134. The van der Waals surface area contributed by atoms with Gasteiger partial charge >= 0.3 is 0 Å². The second-order valence-electron chi connectivity index (χ2n) is 5.25. The molecule has 0 fully saturated rings. The average Bonchev–Trinajstić information content (AvgIpc) is 3.18. The van der Waals surface area contributed by atoms with Crippen LogP contribution in [-0.2, 0) is 0 Å². The quantitative estimate of drug-likeness (QED) is 0.529. The van der Waals surface area contributed by atoms with Crippen LogP contribution < -0.4 is 10.2 Å². The molecule has 0 saturated heterocycles. The van der Waals surface area contributed by atoms with Crippen LogP contribution in [-0.4, -0.2) is 28.9 Å². The first-order chi connectivity index (χ1) is 12.8. The van der Waals surface area contributed by atoms with Crippen LogP contribution in [0.3, 0.4) is 0 Å². The van der Waals surface area contributed by atoms with Crippen molar-refractivity contribution in [3.8, 4) is 23.1 Å². The third-order valence-corrected chi connectivity index (χ3v) is 3.46. The molecule has 0 aliphatic rings. The predicted molar refractivity (Wildman–Crippen MR) is 96.6 cm³/mol. The molecular weight excluding hydrogens is 330 g/mol. The highest BCUT2D eigenvalue weighted by atomic mass is 16.5. The van der Waals surface area contributed by atoms with Crippen molar-refractivity contribution in [3.05, 3.63) is 71.9 Å². The largest absolute Gasteiger partial charge is 0.479 e. The lowest BCUT2D eigenvalue weighted by Crippen LogP contribution is -2.17. The van der Waals surface area contributed by atoms with Crippen LogP contribution in [0.15, 0.2) is 65.8 Å². The van der Waals surface area contributed by atoms with Crippen molar-refractivity contribution in [2.75, 3.05) is 6.61 Å². The van der Waals surface area contributed by atoms with Gasteiger partial charge in [0.2, 0.25) is 0 Å². The van der Waals surface area contributed by atoms with E-state index in [-0.39, 0.29) is 12.5 Å². The zero-order valence-corrected chi connectivity index (χ0v) is 13.7. The van der Waals surface area contributed by atoms with Gasteiger partial charge in [0.15, 0.2) is 6.61 Å². The normalized spacial score (nSPS) is 10.4. The minimum atomic E-state index is -0.384. The lowest BCUT2D eigenvalue weighted by Gasteiger charge is -2.01. The molecule has 0 bridgehead atoms. The molecule has 3 rings (SSSR count). The van der Waals surface area contributed by atoms with E-state index in [1.165, 1.54) is 6.21 Å². The molecular formula is C19H15N5O2. The second kappa shape index (κ2) is 8.26. The molecule has 0 aliphatic carbocycles. The number of nitrogens with zero attached hydrogens (tertiary/aromatic N) is 3. The van der Waals surface area contributed by atoms with Gasteiger partial charge in [-0.2, -0.15) is 15.5 Å². The lowest BCUT2D eigenvalue weighted by atomic mass is 10.1. The summed E-state index contributed by atoms with van der Waals surface area (Å²) in [6, 6.07) is 20.1. The van der Waals surface area contributed by atoms with Crippen LogP contribution in [0.1, 0.15) is 16.1 Å². The van der Waals surface area contributed by atoms with E-state index in [0.717, 1.165) is 11.1 Å². The highest BCUT2D eigenvalue weighted by Crippen LogP contribution is 2.16. The molecule has 0 unspecified atom stereocenters. The van der Waals surface area contributed by atoms with Crippen LogP contribution in [0.5, 0.6) is 5.75 Å². The van der Waals surface area contributed by atoms with Gasteiger partial charge in [0.05, 0.1) is 11.9 Å². The molecule has 2 aromatic carbocycles. The van der Waals surface area contributed by atoms with E-state index in [1.54, 1.807) is 30.3 Å². The summed E-state index contributed by atoms with van der Waals surface area (Å²) in [4.78, 5) is 12.1. The Kier molecular flexibility index (Phi) is 5.38. The van der Waals surface area contributed by atoms with Crippen molar-refractivity contribution < 1.29 is 9.53 Å². The maximum absolute atomic E-state index is 12.1. The first-order valence-electron chi connectivity index (χ1n) is 7.80. The number of ether oxygens (including phenoxy) is 1. The molecule has 26 heavy (non-hydrogen) atoms. The molecule has 1 amide bonds. The first-order valence-corrected chi connectivity index (χ1v) is 7.80. The zero-order valence-electron chi connectivity index (χ0n) is 13.7. The van der Waals surface area contributed by atoms with Crippen LogP contribution in [0, 0.1) is 11.3 Å². The van der Waals surface area contributed by atoms with Crippen molar-refractivity contribution in [1.29, 1.82) is 5.26 Å². The molecule has 0 saturated carbocycles. The van der Waals surface area contributed by atoms with E-state index < -0.39 is 0 Å². The van der Waals surface area contributed by atoms with Crippen molar-refractivity contribution in [2.24, 2.45) is 5.10 Å². The summed E-state index contributed by atoms with van der Waals surface area (Å²) < 4.78 is 5.16. The second-order valence-corrected chi connectivity index (χ2v) is 5.25. The number of hydrogen-bond acceptors (Lipinski definition) is 5. The molecule has 0 radical (unpaired) electrons. The van der Waals surface area contributed by atoms with Crippen molar-refractivity contribution in [2.45, 2.75) is 0 Å². The number of H-pyrrole nitrogens is 1. The Labute approximate surface area is 149 Å². The van der Waals surface area contributed by atoms with E-state index in [9.17, 15) is 4.79 Å². The Morgan fingerprint density at radius 3 is 2.73 bits per heavy atom. The van der Waals surface area contributed by atoms with E-state index in [2.05, 4.69) is 20.7 Å². The fourth-order valence-corrected chi connectivity index (χ4v) is 2.19. The number of carbonyl (C=O) groups excluding carboxylic acids is 1. The maximum atomic E-state index is 12.1. The standard InChI is InChI=1S/C19H15N5O2/c20-10-11-26-16-8-6-14(7-9-16)13-21-24-19(25)18-12-17(22-23-18)15-4-2-1-3-5-15/h1-9,12-13H,11H2,(H,22,23)(H,24,25)/b21-13-. The van der Waals surface area contributed by atoms with Gasteiger partial charge < -0.3 is 4.74 Å². The van der Waals surface area contributed by atoms with Crippen molar-refractivity contribution in [1.82, 2.24) is 15.6 Å². The van der Waals surface area contributed by atoms with Gasteiger partial charge in [0.25, 0.3) is 5.91 Å². The zero-order chi connectivity index (χ0) is 18.2. The SMILES string of the molecule is N#CCOc1ccc(/C=N\NC(=O)c2cc(-c3ccccc3)n[nH]2)cc1. The number of aromatic nitrogens is 2. The first kappa shape index (κ1) is 16.9. The van der Waals surface area contributed by atoms with Crippen molar-refractivity contribution >= 4 is 12.1 Å². The fraction of sp³-hybridized carbons (Fsp3) is 0.0526. The molecule has 128 valence electrons. The highest BCUT2D eigenvalue weighted by Gasteiger charge is 2.09. The molecule has 0 aliphatic heterocycles. The summed E-state index contributed by atoms with van der Waals surface area (Å²) in [6.07, 6.45) is 1.51. The van der Waals surface area contributed by atoms with Crippen LogP contribution >= 0.6 is 0 Å². The van der Waals surface area contributed by atoms with Gasteiger partial charge in [0.1, 0.15) is 17.5 Å². The number of nitrogens with one attached hydrogen (secondary N) is 2.